The summed E-state index contributed by atoms with van der Waals surface area (Å²) in [5.41, 5.74) is 2.61. The SMILES string of the molecule is CC(=O)C(C(=O)c1ccc2occc2c1)c1ccc2occc2c1. The molecule has 0 spiro atoms. The molecule has 1 unspecified atom stereocenters. The van der Waals surface area contributed by atoms with Crippen LogP contribution in [-0.4, -0.2) is 11.6 Å². The monoisotopic (exact) mass is 318 g/mol. The molecule has 0 saturated heterocycles. The van der Waals surface area contributed by atoms with E-state index in [9.17, 15) is 9.59 Å². The first-order valence-corrected chi connectivity index (χ1v) is 7.62. The van der Waals surface area contributed by atoms with Gasteiger partial charge in [0, 0.05) is 16.3 Å². The van der Waals surface area contributed by atoms with Crippen LogP contribution in [0.25, 0.3) is 21.9 Å². The first-order valence-electron chi connectivity index (χ1n) is 7.62. The molecule has 4 nitrogen and oxygen atoms in total. The van der Waals surface area contributed by atoms with Gasteiger partial charge in [-0.05, 0) is 55.0 Å². The van der Waals surface area contributed by atoms with Crippen molar-refractivity contribution in [3.05, 3.63) is 72.2 Å². The molecule has 118 valence electrons. The van der Waals surface area contributed by atoms with Crippen LogP contribution >= 0.6 is 0 Å². The smallest absolute Gasteiger partial charge is 0.177 e. The van der Waals surface area contributed by atoms with E-state index in [1.54, 1.807) is 48.9 Å². The Morgan fingerprint density at radius 3 is 2.12 bits per heavy atom. The van der Waals surface area contributed by atoms with Crippen molar-refractivity contribution in [2.75, 3.05) is 0 Å². The molecule has 2 heterocycles. The van der Waals surface area contributed by atoms with Crippen LogP contribution in [0.15, 0.2) is 69.9 Å². The Kier molecular flexibility index (Phi) is 3.31. The van der Waals surface area contributed by atoms with Gasteiger partial charge in [0.25, 0.3) is 0 Å². The molecule has 0 aliphatic carbocycles. The van der Waals surface area contributed by atoms with E-state index in [2.05, 4.69) is 0 Å². The minimum Gasteiger partial charge on any atom is -0.464 e. The van der Waals surface area contributed by atoms with Crippen molar-refractivity contribution in [3.8, 4) is 0 Å². The maximum Gasteiger partial charge on any atom is 0.177 e. The molecular weight excluding hydrogens is 304 g/mol. The molecular formula is C20H14O4. The summed E-state index contributed by atoms with van der Waals surface area (Å²) in [5.74, 6) is -1.22. The average Bonchev–Trinajstić information content (AvgIpc) is 3.22. The average molecular weight is 318 g/mol. The van der Waals surface area contributed by atoms with Crippen molar-refractivity contribution >= 4 is 33.5 Å². The number of fused-ring (bicyclic) bond motifs is 2. The van der Waals surface area contributed by atoms with E-state index in [-0.39, 0.29) is 11.6 Å². The Morgan fingerprint density at radius 2 is 1.46 bits per heavy atom. The standard InChI is InChI=1S/C20H14O4/c1-12(21)19(15-2-4-17-13(10-15)6-8-23-17)20(22)16-3-5-18-14(11-16)7-9-24-18/h2-11,19H,1H3. The summed E-state index contributed by atoms with van der Waals surface area (Å²) >= 11 is 0. The minimum atomic E-state index is -0.825. The largest absolute Gasteiger partial charge is 0.464 e. The van der Waals surface area contributed by atoms with Crippen LogP contribution in [0.2, 0.25) is 0 Å². The summed E-state index contributed by atoms with van der Waals surface area (Å²) in [4.78, 5) is 25.1. The van der Waals surface area contributed by atoms with Gasteiger partial charge in [0.15, 0.2) is 5.78 Å². The van der Waals surface area contributed by atoms with Gasteiger partial charge in [-0.1, -0.05) is 6.07 Å². The maximum absolute atomic E-state index is 13.0. The Labute approximate surface area is 137 Å². The number of Topliss-reactive ketones (excluding diaryl/α,β-unsaturated/α-hetero) is 2. The van der Waals surface area contributed by atoms with Crippen LogP contribution in [0, 0.1) is 0 Å². The number of rotatable bonds is 4. The van der Waals surface area contributed by atoms with Crippen LogP contribution in [0.1, 0.15) is 28.8 Å². The molecule has 0 radical (unpaired) electrons. The van der Waals surface area contributed by atoms with Gasteiger partial charge in [-0.15, -0.1) is 0 Å². The van der Waals surface area contributed by atoms with Crippen LogP contribution in [0.4, 0.5) is 0 Å². The van der Waals surface area contributed by atoms with E-state index < -0.39 is 5.92 Å². The van der Waals surface area contributed by atoms with Crippen LogP contribution in [0.5, 0.6) is 0 Å². The summed E-state index contributed by atoms with van der Waals surface area (Å²) in [6.45, 7) is 1.44. The molecule has 4 heteroatoms. The second-order valence-electron chi connectivity index (χ2n) is 5.80. The van der Waals surface area contributed by atoms with Crippen molar-refractivity contribution in [2.24, 2.45) is 0 Å². The van der Waals surface area contributed by atoms with Crippen molar-refractivity contribution in [2.45, 2.75) is 12.8 Å². The van der Waals surface area contributed by atoms with E-state index in [4.69, 9.17) is 8.83 Å². The summed E-state index contributed by atoms with van der Waals surface area (Å²) < 4.78 is 10.6. The highest BCUT2D eigenvalue weighted by molar-refractivity contribution is 6.15. The van der Waals surface area contributed by atoms with E-state index in [0.29, 0.717) is 16.7 Å². The Bertz CT molecular complexity index is 1070. The zero-order valence-electron chi connectivity index (χ0n) is 13.0. The molecule has 4 rings (SSSR count). The van der Waals surface area contributed by atoms with Crippen LogP contribution in [0.3, 0.4) is 0 Å². The molecule has 4 aromatic rings. The van der Waals surface area contributed by atoms with Gasteiger partial charge in [-0.3, -0.25) is 9.59 Å². The molecule has 0 saturated carbocycles. The van der Waals surface area contributed by atoms with E-state index in [1.165, 1.54) is 6.92 Å². The molecule has 2 aromatic heterocycles. The van der Waals surface area contributed by atoms with Gasteiger partial charge in [0.1, 0.15) is 22.9 Å². The predicted molar refractivity (Wildman–Crippen MR) is 90.2 cm³/mol. The topological polar surface area (TPSA) is 60.4 Å². The molecule has 2 aromatic carbocycles. The van der Waals surface area contributed by atoms with Gasteiger partial charge in [0.2, 0.25) is 0 Å². The van der Waals surface area contributed by atoms with Crippen LogP contribution in [-0.2, 0) is 4.79 Å². The molecule has 0 fully saturated rings. The molecule has 24 heavy (non-hydrogen) atoms. The zero-order chi connectivity index (χ0) is 16.7. The fraction of sp³-hybridized carbons (Fsp3) is 0.100. The fourth-order valence-corrected chi connectivity index (χ4v) is 3.02. The zero-order valence-corrected chi connectivity index (χ0v) is 13.0. The van der Waals surface area contributed by atoms with Crippen molar-refractivity contribution in [1.29, 1.82) is 0 Å². The summed E-state index contributed by atoms with van der Waals surface area (Å²) in [6, 6.07) is 14.2. The quantitative estimate of drug-likeness (QED) is 0.403. The third-order valence-corrected chi connectivity index (χ3v) is 4.22. The first kappa shape index (κ1) is 14.5. The maximum atomic E-state index is 13.0. The number of carbonyl (C=O) groups is 2. The fourth-order valence-electron chi connectivity index (χ4n) is 3.02. The van der Waals surface area contributed by atoms with Crippen molar-refractivity contribution < 1.29 is 18.4 Å². The lowest BCUT2D eigenvalue weighted by molar-refractivity contribution is -0.117. The van der Waals surface area contributed by atoms with Crippen LogP contribution < -0.4 is 0 Å². The third-order valence-electron chi connectivity index (χ3n) is 4.22. The molecule has 0 aliphatic heterocycles. The summed E-state index contributed by atoms with van der Waals surface area (Å²) in [7, 11) is 0. The summed E-state index contributed by atoms with van der Waals surface area (Å²) in [6.07, 6.45) is 3.17. The molecule has 1 atom stereocenters. The van der Waals surface area contributed by atoms with Gasteiger partial charge >= 0.3 is 0 Å². The normalized spacial score (nSPS) is 12.5. The molecule has 0 aliphatic rings. The highest BCUT2D eigenvalue weighted by atomic mass is 16.3. The van der Waals surface area contributed by atoms with Gasteiger partial charge in [-0.25, -0.2) is 0 Å². The molecule has 0 N–H and O–H groups in total. The van der Waals surface area contributed by atoms with Gasteiger partial charge in [-0.2, -0.15) is 0 Å². The number of carbonyl (C=O) groups excluding carboxylic acids is 2. The highest BCUT2D eigenvalue weighted by Crippen LogP contribution is 2.28. The van der Waals surface area contributed by atoms with Crippen molar-refractivity contribution in [1.82, 2.24) is 0 Å². The predicted octanol–water partition coefficient (Wildman–Crippen LogP) is 4.73. The lowest BCUT2D eigenvalue weighted by atomic mass is 9.87. The number of furan rings is 2. The lowest BCUT2D eigenvalue weighted by Gasteiger charge is -2.13. The van der Waals surface area contributed by atoms with Crippen molar-refractivity contribution in [3.63, 3.8) is 0 Å². The number of benzene rings is 2. The Morgan fingerprint density at radius 1 is 0.833 bits per heavy atom. The highest BCUT2D eigenvalue weighted by Gasteiger charge is 2.27. The second-order valence-corrected chi connectivity index (χ2v) is 5.80. The van der Waals surface area contributed by atoms with E-state index in [0.717, 1.165) is 16.4 Å². The molecule has 0 bridgehead atoms. The first-order chi connectivity index (χ1) is 11.6. The van der Waals surface area contributed by atoms with E-state index in [1.807, 2.05) is 12.1 Å². The number of hydrogen-bond acceptors (Lipinski definition) is 4. The lowest BCUT2D eigenvalue weighted by Crippen LogP contribution is -2.20. The number of hydrogen-bond donors (Lipinski definition) is 0. The van der Waals surface area contributed by atoms with E-state index >= 15 is 0 Å². The van der Waals surface area contributed by atoms with Gasteiger partial charge in [0.05, 0.1) is 12.5 Å². The van der Waals surface area contributed by atoms with Gasteiger partial charge < -0.3 is 8.83 Å². The molecule has 0 amide bonds. The minimum absolute atomic E-state index is 0.185. The Balaban J connectivity index is 1.78. The Hall–Kier alpha value is -3.14. The number of ketones is 2. The summed E-state index contributed by atoms with van der Waals surface area (Å²) in [5, 5.41) is 1.71. The third kappa shape index (κ3) is 2.33. The second kappa shape index (κ2) is 5.49.